The predicted molar refractivity (Wildman–Crippen MR) is 105 cm³/mol. The lowest BCUT2D eigenvalue weighted by Gasteiger charge is -2.03. The molecule has 3 saturated heterocycles. The van der Waals surface area contributed by atoms with Crippen LogP contribution in [0, 0.1) is 0 Å². The van der Waals surface area contributed by atoms with Crippen LogP contribution >= 0.6 is 0 Å². The fraction of sp³-hybridized carbons (Fsp3) is 0.667. The molecule has 3 rings (SSSR count). The number of hydrogen-bond acceptors (Lipinski definition) is 9. The molecule has 0 spiro atoms. The fourth-order valence-electron chi connectivity index (χ4n) is 2.02. The third-order valence-electron chi connectivity index (χ3n) is 4.03. The van der Waals surface area contributed by atoms with E-state index in [0.29, 0.717) is 65.3 Å². The summed E-state index contributed by atoms with van der Waals surface area (Å²) in [6.45, 7) is 5.04. The highest BCUT2D eigenvalue weighted by Gasteiger charge is 2.25. The maximum Gasteiger partial charge on any atom is 0.330 e. The van der Waals surface area contributed by atoms with Gasteiger partial charge in [-0.15, -0.1) is 0 Å². The Bertz CT molecular complexity index is 572. The third-order valence-corrected chi connectivity index (χ3v) is 4.03. The van der Waals surface area contributed by atoms with Crippen LogP contribution in [0.4, 0.5) is 0 Å². The zero-order valence-corrected chi connectivity index (χ0v) is 17.3. The van der Waals surface area contributed by atoms with Crippen LogP contribution in [0.5, 0.6) is 0 Å². The first-order valence-corrected chi connectivity index (χ1v) is 10.2. The summed E-state index contributed by atoms with van der Waals surface area (Å²) in [6, 6.07) is 0. The minimum absolute atomic E-state index is 0.105. The van der Waals surface area contributed by atoms with Gasteiger partial charge in [0.15, 0.2) is 0 Å². The maximum absolute atomic E-state index is 11.2. The average Bonchev–Trinajstić information content (AvgIpc) is 3.56. The number of esters is 3. The van der Waals surface area contributed by atoms with E-state index >= 15 is 0 Å². The Morgan fingerprint density at radius 3 is 1.60 bits per heavy atom. The molecule has 3 aliphatic rings. The largest absolute Gasteiger partial charge is 0.463 e. The van der Waals surface area contributed by atoms with Crippen molar-refractivity contribution >= 4 is 17.9 Å². The Labute approximate surface area is 176 Å². The van der Waals surface area contributed by atoms with Crippen LogP contribution in [0.3, 0.4) is 0 Å². The SMILES string of the molecule is C/C=C/C=C/C(=O)OCC1CO1.O=C(CCCCC(=O)OCC1CO1)OCC1CO1. The lowest BCUT2D eigenvalue weighted by molar-refractivity contribution is -0.146. The lowest BCUT2D eigenvalue weighted by Crippen LogP contribution is -2.11. The molecule has 9 nitrogen and oxygen atoms in total. The van der Waals surface area contributed by atoms with Gasteiger partial charge in [0.25, 0.3) is 0 Å². The van der Waals surface area contributed by atoms with Crippen LogP contribution in [-0.4, -0.2) is 75.9 Å². The van der Waals surface area contributed by atoms with Crippen LogP contribution in [0.25, 0.3) is 0 Å². The molecule has 0 radical (unpaired) electrons. The van der Waals surface area contributed by atoms with Gasteiger partial charge in [-0.1, -0.05) is 18.2 Å². The molecule has 0 aromatic heterocycles. The molecule has 0 bridgehead atoms. The predicted octanol–water partition coefficient (Wildman–Crippen LogP) is 1.49. The van der Waals surface area contributed by atoms with Gasteiger partial charge in [-0.2, -0.15) is 0 Å². The molecule has 0 saturated carbocycles. The van der Waals surface area contributed by atoms with Crippen molar-refractivity contribution in [2.75, 3.05) is 39.6 Å². The van der Waals surface area contributed by atoms with Crippen molar-refractivity contribution in [2.45, 2.75) is 50.9 Å². The second-order valence-electron chi connectivity index (χ2n) is 6.95. The van der Waals surface area contributed by atoms with Crippen molar-refractivity contribution in [3.05, 3.63) is 24.3 Å². The van der Waals surface area contributed by atoms with Crippen LogP contribution in [0.1, 0.15) is 32.6 Å². The van der Waals surface area contributed by atoms with E-state index in [0.717, 1.165) is 0 Å². The van der Waals surface area contributed by atoms with E-state index in [9.17, 15) is 14.4 Å². The second kappa shape index (κ2) is 13.9. The van der Waals surface area contributed by atoms with E-state index < -0.39 is 0 Å². The second-order valence-corrected chi connectivity index (χ2v) is 6.95. The van der Waals surface area contributed by atoms with Gasteiger partial charge in [0, 0.05) is 18.9 Å². The summed E-state index contributed by atoms with van der Waals surface area (Å²) in [5, 5.41) is 0. The Kier molecular flexibility index (Phi) is 11.1. The molecule has 30 heavy (non-hydrogen) atoms. The molecular weight excluding hydrogens is 396 g/mol. The van der Waals surface area contributed by atoms with Gasteiger partial charge in [-0.25, -0.2) is 4.79 Å². The highest BCUT2D eigenvalue weighted by atomic mass is 16.6. The molecule has 168 valence electrons. The summed E-state index contributed by atoms with van der Waals surface area (Å²) in [7, 11) is 0. The zero-order chi connectivity index (χ0) is 21.6. The Morgan fingerprint density at radius 1 is 0.767 bits per heavy atom. The van der Waals surface area contributed by atoms with E-state index in [-0.39, 0.29) is 36.2 Å². The van der Waals surface area contributed by atoms with Gasteiger partial charge in [-0.05, 0) is 19.8 Å². The first-order chi connectivity index (χ1) is 14.6. The molecule has 3 atom stereocenters. The zero-order valence-electron chi connectivity index (χ0n) is 17.3. The van der Waals surface area contributed by atoms with Crippen LogP contribution in [0.2, 0.25) is 0 Å². The number of carbonyl (C=O) groups is 3. The van der Waals surface area contributed by atoms with E-state index in [4.69, 9.17) is 28.4 Å². The number of epoxide rings is 3. The lowest BCUT2D eigenvalue weighted by atomic mass is 10.2. The average molecular weight is 426 g/mol. The number of rotatable bonds is 13. The molecule has 0 aromatic rings. The molecule has 0 aliphatic carbocycles. The number of unbranched alkanes of at least 4 members (excludes halogenated alkanes) is 1. The van der Waals surface area contributed by atoms with Crippen molar-refractivity contribution in [3.8, 4) is 0 Å². The summed E-state index contributed by atoms with van der Waals surface area (Å²) in [5.41, 5.74) is 0. The highest BCUT2D eigenvalue weighted by molar-refractivity contribution is 5.82. The standard InChI is InChI=1S/C12H18O6.C9H12O3/c13-11(17-7-9-5-15-9)3-1-2-4-12(14)18-8-10-6-16-10;1-2-3-4-5-9(10)12-7-8-6-11-8/h9-10H,1-8H2;2-5,8H,6-7H2,1H3/b;3-2+,5-4+. The van der Waals surface area contributed by atoms with Crippen molar-refractivity contribution < 1.29 is 42.8 Å². The smallest absolute Gasteiger partial charge is 0.330 e. The quantitative estimate of drug-likeness (QED) is 0.108. The van der Waals surface area contributed by atoms with E-state index in [1.54, 1.807) is 12.2 Å². The van der Waals surface area contributed by atoms with E-state index in [1.807, 2.05) is 13.0 Å². The molecule has 3 unspecified atom stereocenters. The molecule has 0 N–H and O–H groups in total. The number of allylic oxidation sites excluding steroid dienone is 3. The Balaban J connectivity index is 0.000000232. The summed E-state index contributed by atoms with van der Waals surface area (Å²) in [5.74, 6) is -0.779. The van der Waals surface area contributed by atoms with Crippen LogP contribution < -0.4 is 0 Å². The van der Waals surface area contributed by atoms with Crippen molar-refractivity contribution in [1.29, 1.82) is 0 Å². The van der Waals surface area contributed by atoms with Crippen molar-refractivity contribution in [3.63, 3.8) is 0 Å². The normalized spacial score (nSPS) is 23.4. The number of carbonyl (C=O) groups excluding carboxylic acids is 3. The first kappa shape index (κ1) is 24.0. The highest BCUT2D eigenvalue weighted by Crippen LogP contribution is 2.11. The summed E-state index contributed by atoms with van der Waals surface area (Å²) in [4.78, 5) is 33.3. The van der Waals surface area contributed by atoms with Gasteiger partial charge in [0.1, 0.15) is 38.1 Å². The summed E-state index contributed by atoms with van der Waals surface area (Å²) >= 11 is 0. The van der Waals surface area contributed by atoms with Crippen molar-refractivity contribution in [1.82, 2.24) is 0 Å². The van der Waals surface area contributed by atoms with Gasteiger partial charge >= 0.3 is 17.9 Å². The monoisotopic (exact) mass is 426 g/mol. The molecular formula is C21H30O9. The minimum atomic E-state index is -0.316. The van der Waals surface area contributed by atoms with Gasteiger partial charge in [-0.3, -0.25) is 9.59 Å². The van der Waals surface area contributed by atoms with Gasteiger partial charge in [0.2, 0.25) is 0 Å². The molecule has 3 fully saturated rings. The summed E-state index contributed by atoms with van der Waals surface area (Å²) in [6.07, 6.45) is 8.96. The minimum Gasteiger partial charge on any atom is -0.463 e. The molecule has 3 aliphatic heterocycles. The Morgan fingerprint density at radius 2 is 1.20 bits per heavy atom. The number of hydrogen-bond donors (Lipinski definition) is 0. The van der Waals surface area contributed by atoms with E-state index in [1.165, 1.54) is 6.08 Å². The topological polar surface area (TPSA) is 116 Å². The molecule has 3 heterocycles. The van der Waals surface area contributed by atoms with E-state index in [2.05, 4.69) is 0 Å². The Hall–Kier alpha value is -2.23. The summed E-state index contributed by atoms with van der Waals surface area (Å²) < 4.78 is 29.5. The fourth-order valence-corrected chi connectivity index (χ4v) is 2.02. The van der Waals surface area contributed by atoms with Gasteiger partial charge in [0.05, 0.1) is 19.8 Å². The molecule has 9 heteroatoms. The number of ether oxygens (including phenoxy) is 6. The van der Waals surface area contributed by atoms with Crippen LogP contribution in [0.15, 0.2) is 24.3 Å². The maximum atomic E-state index is 11.2. The van der Waals surface area contributed by atoms with Crippen molar-refractivity contribution in [2.24, 2.45) is 0 Å². The van der Waals surface area contributed by atoms with Crippen LogP contribution in [-0.2, 0) is 42.8 Å². The first-order valence-electron chi connectivity index (χ1n) is 10.2. The molecule has 0 amide bonds. The third kappa shape index (κ3) is 13.9. The van der Waals surface area contributed by atoms with Gasteiger partial charge < -0.3 is 28.4 Å². The molecule has 0 aromatic carbocycles.